The van der Waals surface area contributed by atoms with Gasteiger partial charge in [0.2, 0.25) is 0 Å². The Bertz CT molecular complexity index is 473. The molecule has 1 aliphatic heterocycles. The van der Waals surface area contributed by atoms with Crippen molar-refractivity contribution in [3.63, 3.8) is 0 Å². The van der Waals surface area contributed by atoms with Gasteiger partial charge in [-0.05, 0) is 51.1 Å². The molecule has 0 aromatic heterocycles. The second-order valence-corrected chi connectivity index (χ2v) is 6.32. The zero-order chi connectivity index (χ0) is 14.5. The van der Waals surface area contributed by atoms with E-state index in [1.807, 2.05) is 12.1 Å². The molecule has 1 saturated heterocycles. The standard InChI is InChI=1S/C15H21BrN2O2/c1-11(10-18-7-3-2-4-8-18)17-14-6-5-12(16)9-13(14)15(19)20/h5-6,9,11,17H,2-4,7-8,10H2,1H3,(H,19,20). The zero-order valence-electron chi connectivity index (χ0n) is 11.7. The Balaban J connectivity index is 1.99. The maximum absolute atomic E-state index is 11.3. The first-order valence-corrected chi connectivity index (χ1v) is 7.87. The van der Waals surface area contributed by atoms with Crippen molar-refractivity contribution in [2.24, 2.45) is 0 Å². The minimum atomic E-state index is -0.904. The number of piperidine rings is 1. The fraction of sp³-hybridized carbons (Fsp3) is 0.533. The number of aromatic carboxylic acids is 1. The number of rotatable bonds is 5. The van der Waals surface area contributed by atoms with E-state index in [1.165, 1.54) is 19.3 Å². The summed E-state index contributed by atoms with van der Waals surface area (Å²) in [6, 6.07) is 5.55. The Labute approximate surface area is 128 Å². The molecule has 1 fully saturated rings. The highest BCUT2D eigenvalue weighted by atomic mass is 79.9. The topological polar surface area (TPSA) is 52.6 Å². The summed E-state index contributed by atoms with van der Waals surface area (Å²) in [6.07, 6.45) is 3.87. The molecule has 1 aliphatic rings. The number of hydrogen-bond acceptors (Lipinski definition) is 3. The number of carboxylic acid groups (broad SMARTS) is 1. The van der Waals surface area contributed by atoms with E-state index in [9.17, 15) is 9.90 Å². The maximum Gasteiger partial charge on any atom is 0.337 e. The van der Waals surface area contributed by atoms with E-state index < -0.39 is 5.97 Å². The highest BCUT2D eigenvalue weighted by molar-refractivity contribution is 9.10. The fourth-order valence-electron chi connectivity index (χ4n) is 2.66. The van der Waals surface area contributed by atoms with E-state index in [1.54, 1.807) is 6.07 Å². The number of halogens is 1. The third-order valence-electron chi connectivity index (χ3n) is 3.59. The van der Waals surface area contributed by atoms with Crippen LogP contribution >= 0.6 is 15.9 Å². The molecule has 2 rings (SSSR count). The van der Waals surface area contributed by atoms with Crippen molar-refractivity contribution < 1.29 is 9.90 Å². The van der Waals surface area contributed by atoms with Gasteiger partial charge in [-0.15, -0.1) is 0 Å². The Morgan fingerprint density at radius 3 is 2.75 bits per heavy atom. The summed E-state index contributed by atoms with van der Waals surface area (Å²) >= 11 is 3.31. The lowest BCUT2D eigenvalue weighted by atomic mass is 10.1. The smallest absolute Gasteiger partial charge is 0.337 e. The summed E-state index contributed by atoms with van der Waals surface area (Å²) in [6.45, 7) is 5.35. The Kier molecular flexibility index (Phi) is 5.43. The summed E-state index contributed by atoms with van der Waals surface area (Å²) in [7, 11) is 0. The van der Waals surface area contributed by atoms with Crippen LogP contribution in [-0.2, 0) is 0 Å². The van der Waals surface area contributed by atoms with Crippen molar-refractivity contribution in [1.82, 2.24) is 4.90 Å². The molecule has 1 unspecified atom stereocenters. The molecule has 0 bridgehead atoms. The fourth-order valence-corrected chi connectivity index (χ4v) is 3.02. The number of carbonyl (C=O) groups is 1. The van der Waals surface area contributed by atoms with Crippen LogP contribution in [0.15, 0.2) is 22.7 Å². The maximum atomic E-state index is 11.3. The van der Waals surface area contributed by atoms with Crippen molar-refractivity contribution >= 4 is 27.6 Å². The molecule has 2 N–H and O–H groups in total. The van der Waals surface area contributed by atoms with Crippen molar-refractivity contribution in [3.8, 4) is 0 Å². The third-order valence-corrected chi connectivity index (χ3v) is 4.09. The Morgan fingerprint density at radius 2 is 2.10 bits per heavy atom. The highest BCUT2D eigenvalue weighted by Crippen LogP contribution is 2.22. The second-order valence-electron chi connectivity index (χ2n) is 5.40. The van der Waals surface area contributed by atoms with Crippen LogP contribution in [0.1, 0.15) is 36.5 Å². The average molecular weight is 341 g/mol. The van der Waals surface area contributed by atoms with E-state index >= 15 is 0 Å². The molecular formula is C15H21BrN2O2. The van der Waals surface area contributed by atoms with Crippen molar-refractivity contribution in [1.29, 1.82) is 0 Å². The van der Waals surface area contributed by atoms with Gasteiger partial charge in [0.15, 0.2) is 0 Å². The van der Waals surface area contributed by atoms with E-state index in [0.717, 1.165) is 24.1 Å². The van der Waals surface area contributed by atoms with Gasteiger partial charge in [0, 0.05) is 22.7 Å². The number of likely N-dealkylation sites (tertiary alicyclic amines) is 1. The number of nitrogens with one attached hydrogen (secondary N) is 1. The van der Waals surface area contributed by atoms with Gasteiger partial charge in [0.25, 0.3) is 0 Å². The molecule has 0 amide bonds. The molecule has 110 valence electrons. The largest absolute Gasteiger partial charge is 0.478 e. The third kappa shape index (κ3) is 4.21. The summed E-state index contributed by atoms with van der Waals surface area (Å²) in [5.74, 6) is -0.904. The zero-order valence-corrected chi connectivity index (χ0v) is 13.3. The number of nitrogens with zero attached hydrogens (tertiary/aromatic N) is 1. The lowest BCUT2D eigenvalue weighted by Crippen LogP contribution is -2.38. The summed E-state index contributed by atoms with van der Waals surface area (Å²) in [5, 5.41) is 12.6. The predicted molar refractivity (Wildman–Crippen MR) is 84.5 cm³/mol. The Hall–Kier alpha value is -1.07. The van der Waals surface area contributed by atoms with Crippen LogP contribution in [-0.4, -0.2) is 41.7 Å². The van der Waals surface area contributed by atoms with Crippen LogP contribution in [0.5, 0.6) is 0 Å². The van der Waals surface area contributed by atoms with Gasteiger partial charge < -0.3 is 15.3 Å². The molecule has 5 heteroatoms. The summed E-state index contributed by atoms with van der Waals surface area (Å²) in [4.78, 5) is 13.7. The van der Waals surface area contributed by atoms with Crippen LogP contribution in [0.3, 0.4) is 0 Å². The first-order chi connectivity index (χ1) is 9.56. The molecule has 1 heterocycles. The monoisotopic (exact) mass is 340 g/mol. The van der Waals surface area contributed by atoms with Gasteiger partial charge in [0.1, 0.15) is 0 Å². The molecule has 0 radical (unpaired) electrons. The molecule has 1 aromatic rings. The molecule has 1 atom stereocenters. The minimum absolute atomic E-state index is 0.229. The predicted octanol–water partition coefficient (Wildman–Crippen LogP) is 3.43. The lowest BCUT2D eigenvalue weighted by Gasteiger charge is -2.30. The molecule has 20 heavy (non-hydrogen) atoms. The molecule has 0 aliphatic carbocycles. The molecule has 4 nitrogen and oxygen atoms in total. The van der Waals surface area contributed by atoms with Crippen LogP contribution in [0.25, 0.3) is 0 Å². The molecule has 0 saturated carbocycles. The quantitative estimate of drug-likeness (QED) is 0.862. The first kappa shape index (κ1) is 15.3. The first-order valence-electron chi connectivity index (χ1n) is 7.08. The van der Waals surface area contributed by atoms with Crippen LogP contribution in [0.4, 0.5) is 5.69 Å². The molecule has 1 aromatic carbocycles. The number of hydrogen-bond donors (Lipinski definition) is 2. The van der Waals surface area contributed by atoms with E-state index in [0.29, 0.717) is 11.3 Å². The van der Waals surface area contributed by atoms with E-state index in [-0.39, 0.29) is 6.04 Å². The minimum Gasteiger partial charge on any atom is -0.478 e. The average Bonchev–Trinajstić information content (AvgIpc) is 2.41. The van der Waals surface area contributed by atoms with Crippen LogP contribution in [0.2, 0.25) is 0 Å². The SMILES string of the molecule is CC(CN1CCCCC1)Nc1ccc(Br)cc1C(=O)O. The lowest BCUT2D eigenvalue weighted by molar-refractivity contribution is 0.0698. The van der Waals surface area contributed by atoms with Gasteiger partial charge in [-0.3, -0.25) is 0 Å². The van der Waals surface area contributed by atoms with Crippen molar-refractivity contribution in [2.75, 3.05) is 25.0 Å². The van der Waals surface area contributed by atoms with E-state index in [4.69, 9.17) is 0 Å². The van der Waals surface area contributed by atoms with Gasteiger partial charge >= 0.3 is 5.97 Å². The number of anilines is 1. The van der Waals surface area contributed by atoms with Crippen molar-refractivity contribution in [3.05, 3.63) is 28.2 Å². The molecular weight excluding hydrogens is 320 g/mol. The number of carboxylic acids is 1. The van der Waals surface area contributed by atoms with Crippen LogP contribution in [0, 0.1) is 0 Å². The van der Waals surface area contributed by atoms with Gasteiger partial charge in [-0.1, -0.05) is 22.4 Å². The van der Waals surface area contributed by atoms with Crippen LogP contribution < -0.4 is 5.32 Å². The van der Waals surface area contributed by atoms with Gasteiger partial charge in [0.05, 0.1) is 5.56 Å². The van der Waals surface area contributed by atoms with Gasteiger partial charge in [-0.2, -0.15) is 0 Å². The molecule has 0 spiro atoms. The van der Waals surface area contributed by atoms with E-state index in [2.05, 4.69) is 33.1 Å². The highest BCUT2D eigenvalue weighted by Gasteiger charge is 2.16. The van der Waals surface area contributed by atoms with Crippen molar-refractivity contribution in [2.45, 2.75) is 32.2 Å². The second kappa shape index (κ2) is 7.09. The summed E-state index contributed by atoms with van der Waals surface area (Å²) < 4.78 is 0.782. The van der Waals surface area contributed by atoms with Gasteiger partial charge in [-0.25, -0.2) is 4.79 Å². The normalized spacial score (nSPS) is 17.7. The Morgan fingerprint density at radius 1 is 1.40 bits per heavy atom. The number of benzene rings is 1. The summed E-state index contributed by atoms with van der Waals surface area (Å²) in [5.41, 5.74) is 0.995.